The molecule has 0 saturated heterocycles. The van der Waals surface area contributed by atoms with Gasteiger partial charge in [-0.05, 0) is 38.2 Å². The molecule has 0 bridgehead atoms. The van der Waals surface area contributed by atoms with Crippen LogP contribution in [-0.4, -0.2) is 11.8 Å². The first-order valence-corrected chi connectivity index (χ1v) is 5.67. The molecule has 0 amide bonds. The first kappa shape index (κ1) is 8.27. The summed E-state index contributed by atoms with van der Waals surface area (Å²) in [5.74, 6) is 0. The molecule has 14 heavy (non-hydrogen) atoms. The first-order valence-electron chi connectivity index (χ1n) is 5.67. The average Bonchev–Trinajstić information content (AvgIpc) is 2.26. The van der Waals surface area contributed by atoms with Crippen molar-refractivity contribution in [1.29, 1.82) is 0 Å². The zero-order valence-electron chi connectivity index (χ0n) is 8.42. The summed E-state index contributed by atoms with van der Waals surface area (Å²) in [4.78, 5) is 4.77. The van der Waals surface area contributed by atoms with Crippen molar-refractivity contribution in [3.8, 4) is 0 Å². The lowest BCUT2D eigenvalue weighted by atomic mass is 9.90. The molecule has 1 saturated carbocycles. The van der Waals surface area contributed by atoms with Gasteiger partial charge in [-0.2, -0.15) is 0 Å². The van der Waals surface area contributed by atoms with Gasteiger partial charge in [-0.15, -0.1) is 0 Å². The maximum absolute atomic E-state index is 4.77. The smallest absolute Gasteiger partial charge is 0.0816 e. The van der Waals surface area contributed by atoms with E-state index in [1.54, 1.807) is 0 Å². The van der Waals surface area contributed by atoms with E-state index in [0.717, 1.165) is 6.42 Å². The van der Waals surface area contributed by atoms with Crippen molar-refractivity contribution < 1.29 is 0 Å². The third-order valence-electron chi connectivity index (χ3n) is 3.34. The molecule has 0 radical (unpaired) electrons. The van der Waals surface area contributed by atoms with Crippen LogP contribution in [0.5, 0.6) is 0 Å². The van der Waals surface area contributed by atoms with Crippen molar-refractivity contribution in [2.24, 2.45) is 4.99 Å². The van der Waals surface area contributed by atoms with Gasteiger partial charge in [0.2, 0.25) is 0 Å². The van der Waals surface area contributed by atoms with Crippen LogP contribution < -0.4 is 5.32 Å². The molecule has 0 aromatic carbocycles. The van der Waals surface area contributed by atoms with E-state index in [2.05, 4.69) is 17.5 Å². The maximum Gasteiger partial charge on any atom is 0.0816 e. The molecule has 74 valence electrons. The highest BCUT2D eigenvalue weighted by atomic mass is 15.0. The van der Waals surface area contributed by atoms with Gasteiger partial charge in [-0.3, -0.25) is 4.99 Å². The minimum atomic E-state index is 0.564. The van der Waals surface area contributed by atoms with E-state index in [0.29, 0.717) is 6.04 Å². The lowest BCUT2D eigenvalue weighted by Gasteiger charge is -2.32. The average molecular weight is 188 g/mol. The summed E-state index contributed by atoms with van der Waals surface area (Å²) in [5, 5.41) is 3.65. The Kier molecular flexibility index (Phi) is 1.93. The minimum Gasteiger partial charge on any atom is -0.379 e. The summed E-state index contributed by atoms with van der Waals surface area (Å²) < 4.78 is 0. The second-order valence-electron chi connectivity index (χ2n) is 4.35. The highest BCUT2D eigenvalue weighted by Crippen LogP contribution is 2.27. The van der Waals surface area contributed by atoms with E-state index in [9.17, 15) is 0 Å². The largest absolute Gasteiger partial charge is 0.379 e. The number of hydrogen-bond donors (Lipinski definition) is 1. The van der Waals surface area contributed by atoms with Gasteiger partial charge in [-0.25, -0.2) is 0 Å². The standard InChI is InChI=1S/C12H16N2/c1-2-6-10-9(5-1)13-11-7-3-4-8-12(11)14-10/h1,5,12,14H,2-4,6-8H2. The number of allylic oxidation sites excluding steroid dienone is 3. The number of nitrogens with zero attached hydrogens (tertiary/aromatic N) is 1. The monoisotopic (exact) mass is 188 g/mol. The van der Waals surface area contributed by atoms with Crippen LogP contribution in [0.3, 0.4) is 0 Å². The normalized spacial score (nSPS) is 30.3. The summed E-state index contributed by atoms with van der Waals surface area (Å²) in [5.41, 5.74) is 3.97. The number of nitrogens with one attached hydrogen (secondary N) is 1. The quantitative estimate of drug-likeness (QED) is 0.620. The Morgan fingerprint density at radius 2 is 2.29 bits per heavy atom. The predicted octanol–water partition coefficient (Wildman–Crippen LogP) is 2.53. The molecule has 0 spiro atoms. The van der Waals surface area contributed by atoms with Crippen molar-refractivity contribution in [2.45, 2.75) is 44.6 Å². The van der Waals surface area contributed by atoms with Crippen LogP contribution in [0.15, 0.2) is 28.5 Å². The molecule has 0 aromatic rings. The van der Waals surface area contributed by atoms with Gasteiger partial charge in [0.1, 0.15) is 0 Å². The highest BCUT2D eigenvalue weighted by molar-refractivity contribution is 5.92. The van der Waals surface area contributed by atoms with Crippen molar-refractivity contribution in [2.75, 3.05) is 0 Å². The highest BCUT2D eigenvalue weighted by Gasteiger charge is 2.25. The zero-order chi connectivity index (χ0) is 9.38. The van der Waals surface area contributed by atoms with E-state index in [1.807, 2.05) is 0 Å². The molecule has 2 heteroatoms. The van der Waals surface area contributed by atoms with E-state index in [4.69, 9.17) is 4.99 Å². The van der Waals surface area contributed by atoms with Crippen molar-refractivity contribution >= 4 is 5.71 Å². The maximum atomic E-state index is 4.77. The van der Waals surface area contributed by atoms with Crippen LogP contribution >= 0.6 is 0 Å². The second kappa shape index (κ2) is 3.26. The van der Waals surface area contributed by atoms with Gasteiger partial charge in [0.15, 0.2) is 0 Å². The SMILES string of the molecule is C1=CC2=C(CC1)NC1CCCCC1=N2. The fourth-order valence-corrected chi connectivity index (χ4v) is 2.55. The molecule has 1 heterocycles. The van der Waals surface area contributed by atoms with Crippen LogP contribution in [0.2, 0.25) is 0 Å². The summed E-state index contributed by atoms with van der Waals surface area (Å²) in [6.45, 7) is 0. The molecule has 2 aliphatic carbocycles. The Morgan fingerprint density at radius 3 is 3.29 bits per heavy atom. The zero-order valence-corrected chi connectivity index (χ0v) is 8.42. The van der Waals surface area contributed by atoms with Crippen LogP contribution in [0.1, 0.15) is 38.5 Å². The minimum absolute atomic E-state index is 0.564. The summed E-state index contributed by atoms with van der Waals surface area (Å²) in [7, 11) is 0. The van der Waals surface area contributed by atoms with E-state index in [-0.39, 0.29) is 0 Å². The molecule has 1 N–H and O–H groups in total. The topological polar surface area (TPSA) is 24.4 Å². The van der Waals surface area contributed by atoms with Gasteiger partial charge < -0.3 is 5.32 Å². The van der Waals surface area contributed by atoms with Crippen LogP contribution in [0, 0.1) is 0 Å². The van der Waals surface area contributed by atoms with Gasteiger partial charge in [0.25, 0.3) is 0 Å². The summed E-state index contributed by atoms with van der Waals surface area (Å²) >= 11 is 0. The Hall–Kier alpha value is -1.05. The van der Waals surface area contributed by atoms with Crippen molar-refractivity contribution in [1.82, 2.24) is 5.32 Å². The van der Waals surface area contributed by atoms with E-state index >= 15 is 0 Å². The predicted molar refractivity (Wildman–Crippen MR) is 58.2 cm³/mol. The molecule has 1 fully saturated rings. The number of aliphatic imine (C=N–C) groups is 1. The van der Waals surface area contributed by atoms with Crippen molar-refractivity contribution in [3.63, 3.8) is 0 Å². The molecule has 1 aliphatic heterocycles. The van der Waals surface area contributed by atoms with Gasteiger partial charge in [0, 0.05) is 11.4 Å². The fraction of sp³-hybridized carbons (Fsp3) is 0.583. The lowest BCUT2D eigenvalue weighted by Crippen LogP contribution is -2.41. The van der Waals surface area contributed by atoms with Gasteiger partial charge >= 0.3 is 0 Å². The first-order chi connectivity index (χ1) is 6.93. The molecule has 2 nitrogen and oxygen atoms in total. The molecule has 1 unspecified atom stereocenters. The lowest BCUT2D eigenvalue weighted by molar-refractivity contribution is 0.529. The van der Waals surface area contributed by atoms with Crippen LogP contribution in [0.4, 0.5) is 0 Å². The van der Waals surface area contributed by atoms with Gasteiger partial charge in [-0.1, -0.05) is 12.5 Å². The summed E-state index contributed by atoms with van der Waals surface area (Å²) in [6, 6.07) is 0.564. The third-order valence-corrected chi connectivity index (χ3v) is 3.34. The van der Waals surface area contributed by atoms with Crippen molar-refractivity contribution in [3.05, 3.63) is 23.5 Å². The third kappa shape index (κ3) is 1.29. The number of rotatable bonds is 0. The molecular formula is C12H16N2. The number of hydrogen-bond acceptors (Lipinski definition) is 2. The van der Waals surface area contributed by atoms with E-state index < -0.39 is 0 Å². The molecule has 3 rings (SSSR count). The molecular weight excluding hydrogens is 172 g/mol. The Balaban J connectivity index is 1.93. The Labute approximate surface area is 84.8 Å². The fourth-order valence-electron chi connectivity index (χ4n) is 2.55. The van der Waals surface area contributed by atoms with Gasteiger partial charge in [0.05, 0.1) is 11.7 Å². The summed E-state index contributed by atoms with van der Waals surface area (Å²) in [6.07, 6.45) is 11.9. The van der Waals surface area contributed by atoms with Crippen LogP contribution in [0.25, 0.3) is 0 Å². The van der Waals surface area contributed by atoms with E-state index in [1.165, 1.54) is 49.2 Å². The Bertz CT molecular complexity index is 336. The molecule has 3 aliphatic rings. The molecule has 1 atom stereocenters. The Morgan fingerprint density at radius 1 is 1.29 bits per heavy atom. The van der Waals surface area contributed by atoms with Crippen LogP contribution in [-0.2, 0) is 0 Å². The molecule has 0 aromatic heterocycles. The second-order valence-corrected chi connectivity index (χ2v) is 4.35. The number of fused-ring (bicyclic) bond motifs is 1.